The van der Waals surface area contributed by atoms with Gasteiger partial charge in [0.15, 0.2) is 0 Å². The molecular weight excluding hydrogens is 142 g/mol. The van der Waals surface area contributed by atoms with Crippen LogP contribution in [0.1, 0.15) is 19.8 Å². The van der Waals surface area contributed by atoms with Gasteiger partial charge in [0.05, 0.1) is 0 Å². The van der Waals surface area contributed by atoms with E-state index in [1.807, 2.05) is 11.9 Å². The molecule has 0 unspecified atom stereocenters. The minimum Gasteiger partial charge on any atom is -0.480 e. The summed E-state index contributed by atoms with van der Waals surface area (Å²) in [7, 11) is 1.88. The van der Waals surface area contributed by atoms with Gasteiger partial charge >= 0.3 is 5.97 Å². The minimum atomic E-state index is -0.677. The summed E-state index contributed by atoms with van der Waals surface area (Å²) in [6.07, 6.45) is 1.91. The van der Waals surface area contributed by atoms with Gasteiger partial charge in [-0.25, -0.2) is 0 Å². The second kappa shape index (κ2) is 3.22. The molecule has 64 valence electrons. The average Bonchev–Trinajstić information content (AvgIpc) is 2.30. The average molecular weight is 157 g/mol. The highest BCUT2D eigenvalue weighted by atomic mass is 16.4. The molecule has 1 rings (SSSR count). The molecule has 0 amide bonds. The molecule has 11 heavy (non-hydrogen) atoms. The van der Waals surface area contributed by atoms with Gasteiger partial charge in [-0.3, -0.25) is 9.69 Å². The van der Waals surface area contributed by atoms with E-state index in [9.17, 15) is 4.79 Å². The zero-order valence-electron chi connectivity index (χ0n) is 7.08. The predicted molar refractivity (Wildman–Crippen MR) is 42.5 cm³/mol. The van der Waals surface area contributed by atoms with Crippen LogP contribution < -0.4 is 0 Å². The molecule has 1 aliphatic rings. The lowest BCUT2D eigenvalue weighted by Gasteiger charge is -2.13. The van der Waals surface area contributed by atoms with E-state index in [4.69, 9.17) is 5.11 Å². The fourth-order valence-electron chi connectivity index (χ4n) is 1.69. The number of nitrogens with zero attached hydrogens (tertiary/aromatic N) is 1. The van der Waals surface area contributed by atoms with Crippen molar-refractivity contribution < 1.29 is 9.90 Å². The first-order chi connectivity index (χ1) is 5.15. The third kappa shape index (κ3) is 1.71. The zero-order valence-corrected chi connectivity index (χ0v) is 7.08. The van der Waals surface area contributed by atoms with Crippen molar-refractivity contribution in [3.05, 3.63) is 0 Å². The van der Waals surface area contributed by atoms with E-state index in [1.165, 1.54) is 0 Å². The Morgan fingerprint density at radius 1 is 1.73 bits per heavy atom. The van der Waals surface area contributed by atoms with Crippen molar-refractivity contribution >= 4 is 5.97 Å². The number of carboxylic acid groups (broad SMARTS) is 1. The lowest BCUT2D eigenvalue weighted by atomic mass is 10.0. The highest BCUT2D eigenvalue weighted by molar-refractivity contribution is 5.73. The molecule has 0 saturated carbocycles. The molecule has 0 aliphatic carbocycles. The molecule has 0 aromatic carbocycles. The summed E-state index contributed by atoms with van der Waals surface area (Å²) in [5.41, 5.74) is 0. The van der Waals surface area contributed by atoms with Crippen LogP contribution in [0.5, 0.6) is 0 Å². The predicted octanol–water partition coefficient (Wildman–Crippen LogP) is 0.801. The Bertz CT molecular complexity index is 158. The van der Waals surface area contributed by atoms with E-state index < -0.39 is 5.97 Å². The van der Waals surface area contributed by atoms with Gasteiger partial charge in [0.25, 0.3) is 0 Å². The summed E-state index contributed by atoms with van der Waals surface area (Å²) < 4.78 is 0. The monoisotopic (exact) mass is 157 g/mol. The smallest absolute Gasteiger partial charge is 0.320 e. The molecule has 1 heterocycles. The van der Waals surface area contributed by atoms with Crippen LogP contribution in [-0.4, -0.2) is 35.6 Å². The van der Waals surface area contributed by atoms with Gasteiger partial charge in [-0.15, -0.1) is 0 Å². The van der Waals surface area contributed by atoms with Crippen molar-refractivity contribution in [2.24, 2.45) is 5.92 Å². The van der Waals surface area contributed by atoms with Crippen LogP contribution in [0, 0.1) is 5.92 Å². The third-order valence-electron chi connectivity index (χ3n) is 2.50. The summed E-state index contributed by atoms with van der Waals surface area (Å²) in [6.45, 7) is 3.05. The van der Waals surface area contributed by atoms with Crippen molar-refractivity contribution in [1.82, 2.24) is 4.90 Å². The van der Waals surface area contributed by atoms with Gasteiger partial charge in [-0.1, -0.05) is 13.3 Å². The van der Waals surface area contributed by atoms with E-state index in [0.29, 0.717) is 5.92 Å². The molecule has 0 aromatic rings. The summed E-state index contributed by atoms with van der Waals surface area (Å²) >= 11 is 0. The van der Waals surface area contributed by atoms with Crippen LogP contribution in [0.25, 0.3) is 0 Å². The summed E-state index contributed by atoms with van der Waals surface area (Å²) in [4.78, 5) is 12.6. The Hall–Kier alpha value is -0.570. The minimum absolute atomic E-state index is 0.236. The number of carboxylic acids is 1. The molecule has 0 spiro atoms. The quantitative estimate of drug-likeness (QED) is 0.644. The molecule has 0 bridgehead atoms. The zero-order chi connectivity index (χ0) is 8.43. The molecule has 1 saturated heterocycles. The van der Waals surface area contributed by atoms with Crippen molar-refractivity contribution in [2.45, 2.75) is 25.8 Å². The second-order valence-corrected chi connectivity index (χ2v) is 3.30. The Labute approximate surface area is 67.0 Å². The molecule has 2 atom stereocenters. The summed E-state index contributed by atoms with van der Waals surface area (Å²) in [6, 6.07) is -0.236. The van der Waals surface area contributed by atoms with Crippen LogP contribution >= 0.6 is 0 Å². The number of aliphatic carboxylic acids is 1. The van der Waals surface area contributed by atoms with Gasteiger partial charge in [-0.05, 0) is 19.4 Å². The molecule has 1 fully saturated rings. The van der Waals surface area contributed by atoms with Gasteiger partial charge < -0.3 is 5.11 Å². The normalized spacial score (nSPS) is 32.5. The first-order valence-corrected chi connectivity index (χ1v) is 4.08. The molecule has 0 aromatic heterocycles. The fourth-order valence-corrected chi connectivity index (χ4v) is 1.69. The van der Waals surface area contributed by atoms with Crippen LogP contribution in [0.3, 0.4) is 0 Å². The molecule has 1 N–H and O–H groups in total. The van der Waals surface area contributed by atoms with Crippen LogP contribution in [0.15, 0.2) is 0 Å². The highest BCUT2D eigenvalue weighted by Crippen LogP contribution is 2.23. The van der Waals surface area contributed by atoms with Gasteiger partial charge in [0.1, 0.15) is 6.04 Å². The summed E-state index contributed by atoms with van der Waals surface area (Å²) in [5.74, 6) is -0.0930. The van der Waals surface area contributed by atoms with Crippen LogP contribution in [0.2, 0.25) is 0 Å². The molecule has 0 radical (unpaired) electrons. The molecule has 3 nitrogen and oxygen atoms in total. The number of likely N-dealkylation sites (N-methyl/N-ethyl adjacent to an activating group) is 1. The van der Waals surface area contributed by atoms with E-state index in [1.54, 1.807) is 0 Å². The lowest BCUT2D eigenvalue weighted by molar-refractivity contribution is -0.141. The molecule has 3 heteroatoms. The number of carbonyl (C=O) groups is 1. The van der Waals surface area contributed by atoms with E-state index in [0.717, 1.165) is 19.4 Å². The number of hydrogen-bond donors (Lipinski definition) is 1. The van der Waals surface area contributed by atoms with Gasteiger partial charge in [0, 0.05) is 6.54 Å². The topological polar surface area (TPSA) is 40.5 Å². The van der Waals surface area contributed by atoms with E-state index in [2.05, 4.69) is 6.92 Å². The van der Waals surface area contributed by atoms with Crippen LogP contribution in [-0.2, 0) is 4.79 Å². The van der Waals surface area contributed by atoms with Crippen LogP contribution in [0.4, 0.5) is 0 Å². The maximum absolute atomic E-state index is 10.6. The number of rotatable bonds is 2. The molecule has 1 aliphatic heterocycles. The first kappa shape index (κ1) is 8.53. The summed E-state index contributed by atoms with van der Waals surface area (Å²) in [5, 5.41) is 8.76. The Balaban J connectivity index is 2.51. The lowest BCUT2D eigenvalue weighted by Crippen LogP contribution is -2.32. The Morgan fingerprint density at radius 2 is 2.36 bits per heavy atom. The fraction of sp³-hybridized carbons (Fsp3) is 0.875. The van der Waals surface area contributed by atoms with Gasteiger partial charge in [-0.2, -0.15) is 0 Å². The van der Waals surface area contributed by atoms with Crippen molar-refractivity contribution in [3.63, 3.8) is 0 Å². The SMILES string of the molecule is CC[C@@H]1C[C@@H](C(=O)O)N(C)C1. The van der Waals surface area contributed by atoms with E-state index in [-0.39, 0.29) is 6.04 Å². The second-order valence-electron chi connectivity index (χ2n) is 3.30. The largest absolute Gasteiger partial charge is 0.480 e. The standard InChI is InChI=1S/C8H15NO2/c1-3-6-4-7(8(10)11)9(2)5-6/h6-7H,3-5H2,1-2H3,(H,10,11)/t6-,7+/m1/s1. The molecular formula is C8H15NO2. The Kier molecular flexibility index (Phi) is 2.49. The Morgan fingerprint density at radius 3 is 2.64 bits per heavy atom. The highest BCUT2D eigenvalue weighted by Gasteiger charge is 2.32. The van der Waals surface area contributed by atoms with Gasteiger partial charge in [0.2, 0.25) is 0 Å². The first-order valence-electron chi connectivity index (χ1n) is 4.08. The third-order valence-corrected chi connectivity index (χ3v) is 2.50. The van der Waals surface area contributed by atoms with Crippen molar-refractivity contribution in [1.29, 1.82) is 0 Å². The van der Waals surface area contributed by atoms with Crippen molar-refractivity contribution in [2.75, 3.05) is 13.6 Å². The van der Waals surface area contributed by atoms with Crippen molar-refractivity contribution in [3.8, 4) is 0 Å². The number of hydrogen-bond acceptors (Lipinski definition) is 2. The van der Waals surface area contributed by atoms with E-state index >= 15 is 0 Å². The number of likely N-dealkylation sites (tertiary alicyclic amines) is 1. The maximum atomic E-state index is 10.6. The maximum Gasteiger partial charge on any atom is 0.320 e.